The van der Waals surface area contributed by atoms with Crippen molar-refractivity contribution in [2.45, 2.75) is 39.0 Å². The first-order valence-corrected chi connectivity index (χ1v) is 7.81. The van der Waals surface area contributed by atoms with Crippen LogP contribution >= 0.6 is 0 Å². The van der Waals surface area contributed by atoms with E-state index in [1.165, 1.54) is 24.8 Å². The van der Waals surface area contributed by atoms with Crippen LogP contribution in [0, 0.1) is 29.6 Å². The summed E-state index contributed by atoms with van der Waals surface area (Å²) in [6.45, 7) is 4.39. The molecule has 100 valence electrons. The lowest BCUT2D eigenvalue weighted by molar-refractivity contribution is 0.0944. The summed E-state index contributed by atoms with van der Waals surface area (Å²) in [4.78, 5) is 12.6. The maximum Gasteiger partial charge on any atom is 0.166 e. The van der Waals surface area contributed by atoms with Gasteiger partial charge in [-0.15, -0.1) is 0 Å². The van der Waals surface area contributed by atoms with E-state index in [9.17, 15) is 4.79 Å². The summed E-state index contributed by atoms with van der Waals surface area (Å²) >= 11 is 0. The van der Waals surface area contributed by atoms with E-state index < -0.39 is 0 Å². The molecule has 0 radical (unpaired) electrons. The van der Waals surface area contributed by atoms with Crippen molar-refractivity contribution >= 4 is 5.78 Å². The van der Waals surface area contributed by atoms with Crippen LogP contribution in [0.1, 0.15) is 54.9 Å². The molecular weight excluding hydrogens is 232 g/mol. The zero-order valence-corrected chi connectivity index (χ0v) is 11.8. The highest BCUT2D eigenvalue weighted by Crippen LogP contribution is 2.69. The van der Waals surface area contributed by atoms with Gasteiger partial charge in [0, 0.05) is 11.5 Å². The Balaban J connectivity index is 1.53. The van der Waals surface area contributed by atoms with Gasteiger partial charge in [0.2, 0.25) is 0 Å². The summed E-state index contributed by atoms with van der Waals surface area (Å²) in [6.07, 6.45) is 4.20. The van der Waals surface area contributed by atoms with Crippen molar-refractivity contribution in [3.8, 4) is 0 Å². The maximum absolute atomic E-state index is 12.6. The van der Waals surface area contributed by atoms with Crippen LogP contribution in [0.25, 0.3) is 0 Å². The predicted octanol–water partition coefficient (Wildman–Crippen LogP) is 4.28. The highest BCUT2D eigenvalue weighted by atomic mass is 16.1. The van der Waals surface area contributed by atoms with Crippen LogP contribution in [0.5, 0.6) is 0 Å². The van der Waals surface area contributed by atoms with E-state index >= 15 is 0 Å². The van der Waals surface area contributed by atoms with Gasteiger partial charge >= 0.3 is 0 Å². The van der Waals surface area contributed by atoms with Crippen LogP contribution in [0.2, 0.25) is 0 Å². The summed E-state index contributed by atoms with van der Waals surface area (Å²) in [6, 6.07) is 8.36. The molecule has 0 aliphatic heterocycles. The van der Waals surface area contributed by atoms with Gasteiger partial charge in [-0.3, -0.25) is 4.79 Å². The molecule has 0 amide bonds. The molecule has 0 spiro atoms. The third-order valence-electron chi connectivity index (χ3n) is 5.90. The van der Waals surface area contributed by atoms with E-state index in [1.807, 2.05) is 12.1 Å². The molecular formula is C18H22O. The molecule has 1 heteroatoms. The molecule has 3 aliphatic carbocycles. The number of hydrogen-bond donors (Lipinski definition) is 0. The summed E-state index contributed by atoms with van der Waals surface area (Å²) in [7, 11) is 0. The monoisotopic (exact) mass is 254 g/mol. The zero-order valence-electron chi connectivity index (χ0n) is 11.8. The lowest BCUT2D eigenvalue weighted by atomic mass is 9.94. The minimum absolute atomic E-state index is 0.385. The predicted molar refractivity (Wildman–Crippen MR) is 76.2 cm³/mol. The number of hydrogen-bond acceptors (Lipinski definition) is 1. The Morgan fingerprint density at radius 1 is 1.05 bits per heavy atom. The Hall–Kier alpha value is -1.11. The second-order valence-corrected chi connectivity index (χ2v) is 7.15. The number of carbonyl (C=O) groups excluding carboxylic acids is 1. The van der Waals surface area contributed by atoms with E-state index in [0.29, 0.717) is 17.6 Å². The Morgan fingerprint density at radius 2 is 1.63 bits per heavy atom. The minimum Gasteiger partial charge on any atom is -0.294 e. The third kappa shape index (κ3) is 1.63. The number of benzene rings is 1. The first kappa shape index (κ1) is 11.7. The van der Waals surface area contributed by atoms with Crippen LogP contribution in [-0.4, -0.2) is 5.78 Å². The van der Waals surface area contributed by atoms with Crippen molar-refractivity contribution in [2.24, 2.45) is 29.6 Å². The fraction of sp³-hybridized carbons (Fsp3) is 0.611. The number of carbonyl (C=O) groups is 1. The van der Waals surface area contributed by atoms with E-state index in [4.69, 9.17) is 0 Å². The molecule has 1 aromatic carbocycles. The summed E-state index contributed by atoms with van der Waals surface area (Å²) in [5, 5.41) is 0. The summed E-state index contributed by atoms with van der Waals surface area (Å²) in [5.74, 6) is 4.66. The van der Waals surface area contributed by atoms with E-state index in [0.717, 1.165) is 29.2 Å². The van der Waals surface area contributed by atoms with E-state index in [-0.39, 0.29) is 0 Å². The second-order valence-electron chi connectivity index (χ2n) is 7.15. The summed E-state index contributed by atoms with van der Waals surface area (Å²) in [5.41, 5.74) is 2.27. The third-order valence-corrected chi connectivity index (χ3v) is 5.90. The number of fused-ring (bicyclic) bond motifs is 5. The second kappa shape index (κ2) is 3.94. The van der Waals surface area contributed by atoms with Crippen molar-refractivity contribution in [2.75, 3.05) is 0 Å². The van der Waals surface area contributed by atoms with Gasteiger partial charge in [-0.2, -0.15) is 0 Å². The quantitative estimate of drug-likeness (QED) is 0.736. The fourth-order valence-electron chi connectivity index (χ4n) is 4.90. The average molecular weight is 254 g/mol. The highest BCUT2D eigenvalue weighted by Gasteiger charge is 2.67. The van der Waals surface area contributed by atoms with Crippen LogP contribution < -0.4 is 0 Å². The fourth-order valence-corrected chi connectivity index (χ4v) is 4.90. The Morgan fingerprint density at radius 3 is 2.16 bits per heavy atom. The molecule has 0 N–H and O–H groups in total. The number of rotatable bonds is 3. The molecule has 1 nitrogen and oxygen atoms in total. The maximum atomic E-state index is 12.6. The van der Waals surface area contributed by atoms with Crippen molar-refractivity contribution in [3.63, 3.8) is 0 Å². The first-order valence-electron chi connectivity index (χ1n) is 7.81. The number of ketones is 1. The molecule has 0 heterocycles. The van der Waals surface area contributed by atoms with Crippen LogP contribution in [0.4, 0.5) is 0 Å². The van der Waals surface area contributed by atoms with E-state index in [2.05, 4.69) is 26.0 Å². The summed E-state index contributed by atoms with van der Waals surface area (Å²) < 4.78 is 0. The van der Waals surface area contributed by atoms with Crippen molar-refractivity contribution < 1.29 is 4.79 Å². The topological polar surface area (TPSA) is 17.1 Å². The lowest BCUT2D eigenvalue weighted by Gasteiger charge is -2.09. The van der Waals surface area contributed by atoms with Gasteiger partial charge in [0.05, 0.1) is 0 Å². The SMILES string of the molecule is CC(C)c1ccc(C(=O)C2C3C4CCC(C4)C23)cc1. The van der Waals surface area contributed by atoms with Crippen molar-refractivity contribution in [1.82, 2.24) is 0 Å². The lowest BCUT2D eigenvalue weighted by Crippen LogP contribution is -2.10. The minimum atomic E-state index is 0.385. The molecule has 0 saturated heterocycles. The smallest absolute Gasteiger partial charge is 0.166 e. The van der Waals surface area contributed by atoms with Gasteiger partial charge in [0.25, 0.3) is 0 Å². The molecule has 1 aromatic rings. The van der Waals surface area contributed by atoms with Crippen LogP contribution in [0.15, 0.2) is 24.3 Å². The highest BCUT2D eigenvalue weighted by molar-refractivity contribution is 6.00. The molecule has 4 rings (SSSR count). The molecule has 3 aliphatic rings. The molecule has 19 heavy (non-hydrogen) atoms. The van der Waals surface area contributed by atoms with Gasteiger partial charge < -0.3 is 0 Å². The van der Waals surface area contributed by atoms with Gasteiger partial charge in [-0.05, 0) is 54.4 Å². The largest absolute Gasteiger partial charge is 0.294 e. The van der Waals surface area contributed by atoms with E-state index in [1.54, 1.807) is 0 Å². The average Bonchev–Trinajstić information content (AvgIpc) is 2.85. The van der Waals surface area contributed by atoms with Gasteiger partial charge in [0.15, 0.2) is 5.78 Å². The normalized spacial score (nSPS) is 38.6. The number of Topliss-reactive ketones (excluding diaryl/α,β-unsaturated/α-hetero) is 1. The standard InChI is InChI=1S/C18H22O/c1-10(2)11-3-5-12(6-4-11)18(19)17-15-13-7-8-14(9-13)16(15)17/h3-6,10,13-17H,7-9H2,1-2H3. The Kier molecular flexibility index (Phi) is 2.43. The molecule has 0 aromatic heterocycles. The van der Waals surface area contributed by atoms with Crippen molar-refractivity contribution in [1.29, 1.82) is 0 Å². The molecule has 3 saturated carbocycles. The van der Waals surface area contributed by atoms with Gasteiger partial charge in [-0.1, -0.05) is 38.1 Å². The Labute approximate surface area is 115 Å². The molecule has 4 unspecified atom stereocenters. The van der Waals surface area contributed by atoms with Gasteiger partial charge in [0.1, 0.15) is 0 Å². The van der Waals surface area contributed by atoms with Crippen molar-refractivity contribution in [3.05, 3.63) is 35.4 Å². The molecule has 4 atom stereocenters. The zero-order chi connectivity index (χ0) is 13.1. The molecule has 2 bridgehead atoms. The van der Waals surface area contributed by atoms with Gasteiger partial charge in [-0.25, -0.2) is 0 Å². The van der Waals surface area contributed by atoms with Crippen LogP contribution in [0.3, 0.4) is 0 Å². The van der Waals surface area contributed by atoms with Crippen LogP contribution in [-0.2, 0) is 0 Å². The first-order chi connectivity index (χ1) is 9.16. The molecule has 3 fully saturated rings. The Bertz CT molecular complexity index is 497.